The fourth-order valence-electron chi connectivity index (χ4n) is 2.70. The molecule has 0 spiro atoms. The summed E-state index contributed by atoms with van der Waals surface area (Å²) in [7, 11) is 3.49. The molecule has 0 aliphatic carbocycles. The Morgan fingerprint density at radius 1 is 1.12 bits per heavy atom. The summed E-state index contributed by atoms with van der Waals surface area (Å²) in [6.07, 6.45) is 0. The Kier molecular flexibility index (Phi) is 6.73. The summed E-state index contributed by atoms with van der Waals surface area (Å²) in [5, 5.41) is 0. The number of carbonyl (C=O) groups is 1. The maximum Gasteiger partial charge on any atom is 0.232 e. The van der Waals surface area contributed by atoms with Crippen LogP contribution >= 0.6 is 11.8 Å². The molecule has 24 heavy (non-hydrogen) atoms. The lowest BCUT2D eigenvalue weighted by molar-refractivity contribution is -0.127. The first kappa shape index (κ1) is 18.4. The number of carbonyl (C=O) groups excluding carboxylic acids is 1. The summed E-state index contributed by atoms with van der Waals surface area (Å²) < 4.78 is 5.34. The third kappa shape index (κ3) is 5.31. The second-order valence-corrected chi connectivity index (χ2v) is 7.04. The van der Waals surface area contributed by atoms with Crippen molar-refractivity contribution in [2.24, 2.45) is 0 Å². The minimum absolute atomic E-state index is 0.135. The van der Waals surface area contributed by atoms with E-state index >= 15 is 0 Å². The van der Waals surface area contributed by atoms with E-state index in [1.807, 2.05) is 31.3 Å². The van der Waals surface area contributed by atoms with Crippen LogP contribution in [0.15, 0.2) is 42.5 Å². The highest BCUT2D eigenvalue weighted by Gasteiger charge is 2.12. The fraction of sp³-hybridized carbons (Fsp3) is 0.350. The smallest absolute Gasteiger partial charge is 0.232 e. The molecule has 2 rings (SSSR count). The molecule has 0 atom stereocenters. The first-order chi connectivity index (χ1) is 11.5. The van der Waals surface area contributed by atoms with Crippen molar-refractivity contribution in [1.82, 2.24) is 4.90 Å². The van der Waals surface area contributed by atoms with E-state index in [1.165, 1.54) is 16.7 Å². The number of benzene rings is 2. The van der Waals surface area contributed by atoms with Gasteiger partial charge in [0, 0.05) is 24.9 Å². The lowest BCUT2D eigenvalue weighted by Crippen LogP contribution is -2.28. The zero-order valence-corrected chi connectivity index (χ0v) is 15.7. The molecule has 0 saturated carbocycles. The van der Waals surface area contributed by atoms with Gasteiger partial charge in [0.2, 0.25) is 5.91 Å². The van der Waals surface area contributed by atoms with Crippen molar-refractivity contribution < 1.29 is 9.53 Å². The number of methoxy groups -OCH3 is 1. The normalized spacial score (nSPS) is 10.5. The third-order valence-corrected chi connectivity index (χ3v) is 4.79. The van der Waals surface area contributed by atoms with Crippen LogP contribution in [-0.4, -0.2) is 30.7 Å². The minimum Gasteiger partial charge on any atom is -0.496 e. The van der Waals surface area contributed by atoms with Gasteiger partial charge in [0.15, 0.2) is 0 Å². The Balaban J connectivity index is 1.85. The molecule has 0 saturated heterocycles. The van der Waals surface area contributed by atoms with Crippen LogP contribution in [0.5, 0.6) is 5.75 Å². The van der Waals surface area contributed by atoms with Gasteiger partial charge < -0.3 is 9.64 Å². The van der Waals surface area contributed by atoms with Crippen molar-refractivity contribution in [3.05, 3.63) is 64.7 Å². The Morgan fingerprint density at radius 2 is 1.79 bits per heavy atom. The van der Waals surface area contributed by atoms with Crippen LogP contribution < -0.4 is 4.74 Å². The number of ether oxygens (including phenoxy) is 1. The molecule has 2 aromatic carbocycles. The molecule has 4 heteroatoms. The van der Waals surface area contributed by atoms with E-state index in [0.29, 0.717) is 12.3 Å². The van der Waals surface area contributed by atoms with Crippen LogP contribution in [0.2, 0.25) is 0 Å². The predicted molar refractivity (Wildman–Crippen MR) is 102 cm³/mol. The molecular formula is C20H25NO2S. The molecule has 0 fully saturated rings. The lowest BCUT2D eigenvalue weighted by atomic mass is 10.1. The highest BCUT2D eigenvalue weighted by atomic mass is 32.2. The molecule has 0 radical (unpaired) electrons. The van der Waals surface area contributed by atoms with Crippen LogP contribution in [0.1, 0.15) is 22.3 Å². The third-order valence-electron chi connectivity index (χ3n) is 3.80. The summed E-state index contributed by atoms with van der Waals surface area (Å²) in [6, 6.07) is 14.3. The Morgan fingerprint density at radius 3 is 2.46 bits per heavy atom. The highest BCUT2D eigenvalue weighted by Crippen LogP contribution is 2.20. The van der Waals surface area contributed by atoms with Gasteiger partial charge in [0.1, 0.15) is 5.75 Å². The van der Waals surface area contributed by atoms with Gasteiger partial charge in [-0.15, -0.1) is 11.8 Å². The minimum atomic E-state index is 0.135. The molecular weight excluding hydrogens is 318 g/mol. The van der Waals surface area contributed by atoms with Gasteiger partial charge in [0.25, 0.3) is 0 Å². The van der Waals surface area contributed by atoms with Crippen molar-refractivity contribution in [2.75, 3.05) is 19.9 Å². The second kappa shape index (κ2) is 8.78. The topological polar surface area (TPSA) is 29.5 Å². The summed E-state index contributed by atoms with van der Waals surface area (Å²) in [6.45, 7) is 4.77. The Hall–Kier alpha value is -1.94. The van der Waals surface area contributed by atoms with E-state index in [-0.39, 0.29) is 5.91 Å². The van der Waals surface area contributed by atoms with Crippen molar-refractivity contribution in [3.63, 3.8) is 0 Å². The summed E-state index contributed by atoms with van der Waals surface area (Å²) in [5.74, 6) is 2.30. The standard InChI is InChI=1S/C20H25NO2S/c1-15-9-16(2)11-17(10-15)13-24-14-20(22)21(3)12-18-7-5-6-8-19(18)23-4/h5-11H,12-14H2,1-4H3. The van der Waals surface area contributed by atoms with Crippen LogP contribution in [0.4, 0.5) is 0 Å². The van der Waals surface area contributed by atoms with Crippen molar-refractivity contribution in [3.8, 4) is 5.75 Å². The van der Waals surface area contributed by atoms with Gasteiger partial charge in [-0.05, 0) is 25.5 Å². The zero-order chi connectivity index (χ0) is 17.5. The molecule has 1 amide bonds. The van der Waals surface area contributed by atoms with E-state index in [1.54, 1.807) is 23.8 Å². The van der Waals surface area contributed by atoms with Gasteiger partial charge in [-0.3, -0.25) is 4.79 Å². The van der Waals surface area contributed by atoms with Crippen LogP contribution in [0.25, 0.3) is 0 Å². The van der Waals surface area contributed by atoms with Gasteiger partial charge in [-0.25, -0.2) is 0 Å². The Bertz CT molecular complexity index is 680. The second-order valence-electron chi connectivity index (χ2n) is 6.05. The molecule has 0 bridgehead atoms. The monoisotopic (exact) mass is 343 g/mol. The van der Waals surface area contributed by atoms with E-state index in [2.05, 4.69) is 32.0 Å². The van der Waals surface area contributed by atoms with E-state index < -0.39 is 0 Å². The average Bonchev–Trinajstić information content (AvgIpc) is 2.54. The van der Waals surface area contributed by atoms with Gasteiger partial charge >= 0.3 is 0 Å². The number of hydrogen-bond acceptors (Lipinski definition) is 3. The molecule has 0 N–H and O–H groups in total. The number of para-hydroxylation sites is 1. The molecule has 0 aliphatic heterocycles. The largest absolute Gasteiger partial charge is 0.496 e. The lowest BCUT2D eigenvalue weighted by Gasteiger charge is -2.18. The van der Waals surface area contributed by atoms with Crippen molar-refractivity contribution in [2.45, 2.75) is 26.1 Å². The van der Waals surface area contributed by atoms with E-state index in [9.17, 15) is 4.79 Å². The molecule has 0 unspecified atom stereocenters. The van der Waals surface area contributed by atoms with Gasteiger partial charge in [-0.1, -0.05) is 47.5 Å². The SMILES string of the molecule is COc1ccccc1CN(C)C(=O)CSCc1cc(C)cc(C)c1. The summed E-state index contributed by atoms with van der Waals surface area (Å²) in [5.41, 5.74) is 4.84. The van der Waals surface area contributed by atoms with E-state index in [4.69, 9.17) is 4.74 Å². The first-order valence-corrected chi connectivity index (χ1v) is 9.16. The van der Waals surface area contributed by atoms with E-state index in [0.717, 1.165) is 17.1 Å². The predicted octanol–water partition coefficient (Wildman–Crippen LogP) is 4.20. The molecule has 0 heterocycles. The quantitative estimate of drug-likeness (QED) is 0.754. The van der Waals surface area contributed by atoms with Crippen LogP contribution in [0, 0.1) is 13.8 Å². The number of hydrogen-bond donors (Lipinski definition) is 0. The highest BCUT2D eigenvalue weighted by molar-refractivity contribution is 7.99. The maximum absolute atomic E-state index is 12.3. The van der Waals surface area contributed by atoms with Crippen molar-refractivity contribution >= 4 is 17.7 Å². The maximum atomic E-state index is 12.3. The summed E-state index contributed by atoms with van der Waals surface area (Å²) in [4.78, 5) is 14.1. The van der Waals surface area contributed by atoms with Crippen LogP contribution in [0.3, 0.4) is 0 Å². The molecule has 3 nitrogen and oxygen atoms in total. The average molecular weight is 343 g/mol. The Labute approximate surface area is 149 Å². The van der Waals surface area contributed by atoms with Crippen molar-refractivity contribution in [1.29, 1.82) is 0 Å². The first-order valence-electron chi connectivity index (χ1n) is 8.00. The molecule has 0 aromatic heterocycles. The fourth-order valence-corrected chi connectivity index (χ4v) is 3.60. The molecule has 0 aliphatic rings. The number of rotatable bonds is 7. The van der Waals surface area contributed by atoms with Gasteiger partial charge in [-0.2, -0.15) is 0 Å². The number of nitrogens with zero attached hydrogens (tertiary/aromatic N) is 1. The number of thioether (sulfide) groups is 1. The zero-order valence-electron chi connectivity index (χ0n) is 14.8. The van der Waals surface area contributed by atoms with Crippen LogP contribution in [-0.2, 0) is 17.1 Å². The number of aryl methyl sites for hydroxylation is 2. The van der Waals surface area contributed by atoms with Gasteiger partial charge in [0.05, 0.1) is 12.9 Å². The summed E-state index contributed by atoms with van der Waals surface area (Å²) >= 11 is 1.66. The number of amides is 1. The molecule has 2 aromatic rings. The molecule has 128 valence electrons.